The summed E-state index contributed by atoms with van der Waals surface area (Å²) in [6.07, 6.45) is 0. The zero-order chi connectivity index (χ0) is 45.9. The number of rotatable bonds is 6. The Kier molecular flexibility index (Phi) is 8.26. The van der Waals surface area contributed by atoms with Crippen LogP contribution in [0.1, 0.15) is 0 Å². The predicted octanol–water partition coefficient (Wildman–Crippen LogP) is 16.2. The first kappa shape index (κ1) is 38.6. The summed E-state index contributed by atoms with van der Waals surface area (Å²) in [5.74, 6) is 2.18. The van der Waals surface area contributed by atoms with E-state index in [1.165, 1.54) is 43.1 Å². The predicted molar refractivity (Wildman–Crippen MR) is 290 cm³/mol. The molecule has 0 aliphatic carbocycles. The SMILES string of the molecule is c1ccc(-n2c3ccccc3c3c(-c4cccc(-n5c6ccccc6c6ccccc65)c4-c4nc(-n5c6ccccc6c6ccccc65)cc(-n5c6ccccc6c6ccccc65)n4)cccc32)cc1. The van der Waals surface area contributed by atoms with Gasteiger partial charge in [0.25, 0.3) is 0 Å². The summed E-state index contributed by atoms with van der Waals surface area (Å²) in [6.45, 7) is 0. The van der Waals surface area contributed by atoms with Crippen LogP contribution in [0.4, 0.5) is 0 Å². The van der Waals surface area contributed by atoms with Crippen molar-refractivity contribution in [3.8, 4) is 45.5 Å². The highest BCUT2D eigenvalue weighted by molar-refractivity contribution is 6.18. The maximum Gasteiger partial charge on any atom is 0.166 e. The number of hydrogen-bond donors (Lipinski definition) is 0. The molecule has 10 aromatic carbocycles. The highest BCUT2D eigenvalue weighted by Gasteiger charge is 2.26. The van der Waals surface area contributed by atoms with Gasteiger partial charge in [-0.25, -0.2) is 9.97 Å². The van der Waals surface area contributed by atoms with E-state index < -0.39 is 0 Å². The summed E-state index contributed by atoms with van der Waals surface area (Å²) in [6, 6.07) is 87.3. The van der Waals surface area contributed by atoms with Crippen LogP contribution in [0.25, 0.3) is 133 Å². The van der Waals surface area contributed by atoms with Crippen LogP contribution in [-0.4, -0.2) is 28.2 Å². The van der Waals surface area contributed by atoms with Crippen molar-refractivity contribution >= 4 is 87.2 Å². The molecule has 0 radical (unpaired) electrons. The molecule has 326 valence electrons. The Labute approximate surface area is 401 Å². The molecule has 70 heavy (non-hydrogen) atoms. The van der Waals surface area contributed by atoms with Gasteiger partial charge >= 0.3 is 0 Å². The van der Waals surface area contributed by atoms with Gasteiger partial charge in [-0.1, -0.05) is 170 Å². The molecular weight excluding hydrogens is 853 g/mol. The van der Waals surface area contributed by atoms with Crippen LogP contribution < -0.4 is 0 Å². The molecule has 0 atom stereocenters. The topological polar surface area (TPSA) is 45.5 Å². The second-order valence-electron chi connectivity index (χ2n) is 18.1. The van der Waals surface area contributed by atoms with Crippen molar-refractivity contribution in [3.63, 3.8) is 0 Å². The summed E-state index contributed by atoms with van der Waals surface area (Å²) in [5.41, 5.74) is 14.0. The summed E-state index contributed by atoms with van der Waals surface area (Å²) >= 11 is 0. The van der Waals surface area contributed by atoms with Gasteiger partial charge in [0.15, 0.2) is 5.82 Å². The van der Waals surface area contributed by atoms with Crippen LogP contribution in [0.15, 0.2) is 243 Å². The lowest BCUT2D eigenvalue weighted by Crippen LogP contribution is -2.08. The third kappa shape index (κ3) is 5.50. The number of para-hydroxylation sites is 8. The molecule has 0 N–H and O–H groups in total. The normalized spacial score (nSPS) is 12.0. The molecule has 0 saturated carbocycles. The third-order valence-electron chi connectivity index (χ3n) is 14.4. The van der Waals surface area contributed by atoms with Gasteiger partial charge in [0.1, 0.15) is 11.6 Å². The zero-order valence-electron chi connectivity index (χ0n) is 37.8. The largest absolute Gasteiger partial charge is 0.309 e. The van der Waals surface area contributed by atoms with E-state index in [4.69, 9.17) is 9.97 Å². The summed E-state index contributed by atoms with van der Waals surface area (Å²) in [4.78, 5) is 11.7. The van der Waals surface area contributed by atoms with E-state index in [0.717, 1.165) is 83.8 Å². The van der Waals surface area contributed by atoms with E-state index in [9.17, 15) is 0 Å². The molecular formula is C64H40N6. The van der Waals surface area contributed by atoms with Crippen LogP contribution in [-0.2, 0) is 0 Å². The smallest absolute Gasteiger partial charge is 0.166 e. The molecule has 0 amide bonds. The number of benzene rings is 10. The molecule has 15 rings (SSSR count). The van der Waals surface area contributed by atoms with Crippen LogP contribution in [0.5, 0.6) is 0 Å². The van der Waals surface area contributed by atoms with Gasteiger partial charge in [-0.2, -0.15) is 0 Å². The monoisotopic (exact) mass is 892 g/mol. The first-order chi connectivity index (χ1) is 34.8. The highest BCUT2D eigenvalue weighted by atomic mass is 15.2. The van der Waals surface area contributed by atoms with Crippen LogP contribution in [0.2, 0.25) is 0 Å². The molecule has 0 unspecified atom stereocenters. The fourth-order valence-corrected chi connectivity index (χ4v) is 11.6. The lowest BCUT2D eigenvalue weighted by molar-refractivity contribution is 0.991. The average Bonchev–Trinajstić information content (AvgIpc) is 4.16. The van der Waals surface area contributed by atoms with E-state index in [0.29, 0.717) is 5.82 Å². The van der Waals surface area contributed by atoms with E-state index in [1.54, 1.807) is 0 Å². The molecule has 15 aromatic rings. The molecule has 6 nitrogen and oxygen atoms in total. The van der Waals surface area contributed by atoms with Gasteiger partial charge in [0.05, 0.1) is 55.4 Å². The van der Waals surface area contributed by atoms with E-state index in [-0.39, 0.29) is 0 Å². The number of nitrogens with zero attached hydrogens (tertiary/aromatic N) is 6. The van der Waals surface area contributed by atoms with Crippen molar-refractivity contribution in [1.29, 1.82) is 0 Å². The minimum absolute atomic E-state index is 0.618. The molecule has 6 heteroatoms. The Morgan fingerprint density at radius 3 is 1.09 bits per heavy atom. The number of hydrogen-bond acceptors (Lipinski definition) is 2. The maximum atomic E-state index is 5.85. The van der Waals surface area contributed by atoms with Crippen molar-refractivity contribution in [2.75, 3.05) is 0 Å². The van der Waals surface area contributed by atoms with E-state index >= 15 is 0 Å². The quantitative estimate of drug-likeness (QED) is 0.167. The Morgan fingerprint density at radius 2 is 0.614 bits per heavy atom. The van der Waals surface area contributed by atoms with Crippen molar-refractivity contribution in [2.24, 2.45) is 0 Å². The Bertz CT molecular complexity index is 4310. The number of aromatic nitrogens is 6. The van der Waals surface area contributed by atoms with E-state index in [2.05, 4.69) is 261 Å². The third-order valence-corrected chi connectivity index (χ3v) is 14.4. The Hall–Kier alpha value is -9.52. The van der Waals surface area contributed by atoms with Crippen LogP contribution >= 0.6 is 0 Å². The molecule has 0 aliphatic rings. The van der Waals surface area contributed by atoms with Gasteiger partial charge in [-0.05, 0) is 77.9 Å². The van der Waals surface area contributed by atoms with Crippen molar-refractivity contribution in [1.82, 2.24) is 28.2 Å². The minimum Gasteiger partial charge on any atom is -0.309 e. The van der Waals surface area contributed by atoms with Gasteiger partial charge in [0, 0.05) is 54.8 Å². The molecule has 5 aromatic heterocycles. The second-order valence-corrected chi connectivity index (χ2v) is 18.1. The highest BCUT2D eigenvalue weighted by Crippen LogP contribution is 2.46. The van der Waals surface area contributed by atoms with Crippen LogP contribution in [0, 0.1) is 0 Å². The van der Waals surface area contributed by atoms with Crippen LogP contribution in [0.3, 0.4) is 0 Å². The maximum absolute atomic E-state index is 5.85. The van der Waals surface area contributed by atoms with Crippen molar-refractivity contribution in [3.05, 3.63) is 243 Å². The molecule has 0 aliphatic heterocycles. The molecule has 0 fully saturated rings. The van der Waals surface area contributed by atoms with Gasteiger partial charge in [0.2, 0.25) is 0 Å². The van der Waals surface area contributed by atoms with Crippen molar-refractivity contribution < 1.29 is 0 Å². The second kappa shape index (κ2) is 15.0. The Morgan fingerprint density at radius 1 is 0.257 bits per heavy atom. The summed E-state index contributed by atoms with van der Waals surface area (Å²) in [5, 5.41) is 9.41. The molecule has 0 spiro atoms. The first-order valence-corrected chi connectivity index (χ1v) is 23.8. The van der Waals surface area contributed by atoms with E-state index in [1.807, 2.05) is 0 Å². The summed E-state index contributed by atoms with van der Waals surface area (Å²) in [7, 11) is 0. The molecule has 0 saturated heterocycles. The fraction of sp³-hybridized carbons (Fsp3) is 0. The minimum atomic E-state index is 0.618. The lowest BCUT2D eigenvalue weighted by Gasteiger charge is -2.20. The van der Waals surface area contributed by atoms with Gasteiger partial charge in [-0.15, -0.1) is 0 Å². The van der Waals surface area contributed by atoms with Gasteiger partial charge in [-0.3, -0.25) is 9.13 Å². The summed E-state index contributed by atoms with van der Waals surface area (Å²) < 4.78 is 9.46. The lowest BCUT2D eigenvalue weighted by atomic mass is 9.93. The average molecular weight is 893 g/mol. The number of fused-ring (bicyclic) bond motifs is 12. The standard InChI is InChI=1S/C64H40N6/c1-2-20-41(21-3-1)67-57-37-17-10-28-50(57)62-48(29-18-38-58(62)67)49-30-19-39-59(68-51-31-11-4-22-42(51)43-23-5-12-32-52(43)68)63(49)64-65-60(69-53-33-13-6-24-44(53)45-25-7-14-34-54(45)69)40-61(66-64)70-55-35-15-8-26-46(55)47-27-9-16-36-56(47)70/h1-40H. The molecule has 0 bridgehead atoms. The fourth-order valence-electron chi connectivity index (χ4n) is 11.6. The Balaban J connectivity index is 1.13. The van der Waals surface area contributed by atoms with Gasteiger partial charge < -0.3 is 9.13 Å². The van der Waals surface area contributed by atoms with Crippen molar-refractivity contribution in [2.45, 2.75) is 0 Å². The first-order valence-electron chi connectivity index (χ1n) is 23.8. The zero-order valence-corrected chi connectivity index (χ0v) is 37.8. The molecule has 5 heterocycles.